The van der Waals surface area contributed by atoms with Crippen LogP contribution in [0.5, 0.6) is 0 Å². The molecule has 22 heavy (non-hydrogen) atoms. The number of hydrogen-bond acceptors (Lipinski definition) is 3. The Bertz CT molecular complexity index is 406. The number of halogens is 1. The summed E-state index contributed by atoms with van der Waals surface area (Å²) in [5.41, 5.74) is 0. The van der Waals surface area contributed by atoms with Crippen molar-refractivity contribution >= 4 is 41.3 Å². The molecule has 1 aliphatic carbocycles. The Hall–Kier alpha value is -0.340. The quantitative estimate of drug-likeness (QED) is 0.296. The number of nitrogens with zero attached hydrogens (tertiary/aromatic N) is 1. The van der Waals surface area contributed by atoms with E-state index in [1.807, 2.05) is 7.05 Å². The Balaban J connectivity index is 0.00000242. The maximum Gasteiger partial charge on any atom is 0.191 e. The van der Waals surface area contributed by atoms with Crippen LogP contribution in [0.2, 0.25) is 0 Å². The standard InChI is InChI=1S/C16H27N3OS.HI/c1-17-16(19-13-15-9-5-12-21-15)18-10-6-11-20-14-7-3-2-4-8-14;/h5,9,12,14H,2-4,6-8,10-11,13H2,1H3,(H2,17,18,19);1H. The molecule has 1 aromatic rings. The van der Waals surface area contributed by atoms with Crippen molar-refractivity contribution in [2.75, 3.05) is 20.2 Å². The molecule has 0 unspecified atom stereocenters. The van der Waals surface area contributed by atoms with E-state index in [0.717, 1.165) is 32.1 Å². The third-order valence-corrected chi connectivity index (χ3v) is 4.63. The Morgan fingerprint density at radius 1 is 1.32 bits per heavy atom. The lowest BCUT2D eigenvalue weighted by molar-refractivity contribution is 0.0277. The molecule has 1 saturated carbocycles. The lowest BCUT2D eigenvalue weighted by Crippen LogP contribution is -2.37. The third kappa shape index (κ3) is 7.78. The predicted molar refractivity (Wildman–Crippen MR) is 105 cm³/mol. The van der Waals surface area contributed by atoms with Gasteiger partial charge in [0.05, 0.1) is 12.6 Å². The monoisotopic (exact) mass is 437 g/mol. The first-order valence-corrected chi connectivity index (χ1v) is 8.85. The van der Waals surface area contributed by atoms with Crippen molar-refractivity contribution in [3.8, 4) is 0 Å². The molecule has 2 N–H and O–H groups in total. The van der Waals surface area contributed by atoms with Crippen molar-refractivity contribution in [3.63, 3.8) is 0 Å². The molecular weight excluding hydrogens is 409 g/mol. The molecule has 0 bridgehead atoms. The van der Waals surface area contributed by atoms with Gasteiger partial charge in [-0.1, -0.05) is 25.3 Å². The number of guanidine groups is 1. The van der Waals surface area contributed by atoms with Crippen LogP contribution in [-0.2, 0) is 11.3 Å². The largest absolute Gasteiger partial charge is 0.378 e. The topological polar surface area (TPSA) is 45.7 Å². The summed E-state index contributed by atoms with van der Waals surface area (Å²) in [4.78, 5) is 5.55. The van der Waals surface area contributed by atoms with Crippen LogP contribution < -0.4 is 10.6 Å². The molecule has 0 aromatic carbocycles. The predicted octanol–water partition coefficient (Wildman–Crippen LogP) is 3.77. The van der Waals surface area contributed by atoms with Crippen molar-refractivity contribution in [2.24, 2.45) is 4.99 Å². The Labute approximate surface area is 155 Å². The van der Waals surface area contributed by atoms with Crippen molar-refractivity contribution in [1.29, 1.82) is 0 Å². The maximum atomic E-state index is 5.92. The highest BCUT2D eigenvalue weighted by atomic mass is 127. The van der Waals surface area contributed by atoms with Gasteiger partial charge in [0.25, 0.3) is 0 Å². The number of thiophene rings is 1. The van der Waals surface area contributed by atoms with E-state index in [4.69, 9.17) is 4.74 Å². The highest BCUT2D eigenvalue weighted by molar-refractivity contribution is 14.0. The van der Waals surface area contributed by atoms with Crippen molar-refractivity contribution in [3.05, 3.63) is 22.4 Å². The van der Waals surface area contributed by atoms with E-state index >= 15 is 0 Å². The molecule has 0 aliphatic heterocycles. The zero-order valence-electron chi connectivity index (χ0n) is 13.3. The van der Waals surface area contributed by atoms with Crippen molar-refractivity contribution in [1.82, 2.24) is 10.6 Å². The number of rotatable bonds is 7. The van der Waals surface area contributed by atoms with Gasteiger partial charge in [-0.2, -0.15) is 0 Å². The minimum atomic E-state index is 0. The minimum absolute atomic E-state index is 0. The molecule has 1 heterocycles. The van der Waals surface area contributed by atoms with Gasteiger partial charge < -0.3 is 15.4 Å². The lowest BCUT2D eigenvalue weighted by atomic mass is 9.98. The molecule has 6 heteroatoms. The molecule has 126 valence electrons. The summed E-state index contributed by atoms with van der Waals surface area (Å²) in [5.74, 6) is 0.862. The summed E-state index contributed by atoms with van der Waals surface area (Å²) >= 11 is 1.76. The van der Waals surface area contributed by atoms with Crippen LogP contribution in [0.25, 0.3) is 0 Å². The summed E-state index contributed by atoms with van der Waals surface area (Å²) < 4.78 is 5.92. The number of ether oxygens (including phenoxy) is 1. The smallest absolute Gasteiger partial charge is 0.191 e. The molecule has 0 atom stereocenters. The van der Waals surface area contributed by atoms with E-state index in [1.54, 1.807) is 11.3 Å². The molecule has 1 aromatic heterocycles. The minimum Gasteiger partial charge on any atom is -0.378 e. The maximum absolute atomic E-state index is 5.92. The second-order valence-corrected chi connectivity index (χ2v) is 6.45. The van der Waals surface area contributed by atoms with Gasteiger partial charge in [0.1, 0.15) is 0 Å². The fraction of sp³-hybridized carbons (Fsp3) is 0.688. The third-order valence-electron chi connectivity index (χ3n) is 3.75. The molecule has 0 radical (unpaired) electrons. The molecule has 1 aliphatic rings. The molecular formula is C16H28IN3OS. The van der Waals surface area contributed by atoms with Gasteiger partial charge in [-0.05, 0) is 30.7 Å². The zero-order chi connectivity index (χ0) is 14.8. The van der Waals surface area contributed by atoms with E-state index < -0.39 is 0 Å². The average Bonchev–Trinajstić information content (AvgIpc) is 3.04. The first kappa shape index (κ1) is 19.7. The molecule has 1 fully saturated rings. The summed E-state index contributed by atoms with van der Waals surface area (Å²) in [6.45, 7) is 2.58. The number of aliphatic imine (C=N–C) groups is 1. The van der Waals surface area contributed by atoms with Gasteiger partial charge in [0.2, 0.25) is 0 Å². The van der Waals surface area contributed by atoms with Gasteiger partial charge in [0, 0.05) is 25.1 Å². The molecule has 0 spiro atoms. The normalized spacial score (nSPS) is 16.1. The van der Waals surface area contributed by atoms with E-state index in [1.165, 1.54) is 37.0 Å². The summed E-state index contributed by atoms with van der Waals surface area (Å²) in [6, 6.07) is 4.20. The Morgan fingerprint density at radius 3 is 2.82 bits per heavy atom. The van der Waals surface area contributed by atoms with Gasteiger partial charge in [-0.15, -0.1) is 35.3 Å². The van der Waals surface area contributed by atoms with Gasteiger partial charge in [0.15, 0.2) is 5.96 Å². The van der Waals surface area contributed by atoms with E-state index in [2.05, 4.69) is 33.1 Å². The van der Waals surface area contributed by atoms with Crippen molar-refractivity contribution < 1.29 is 4.74 Å². The van der Waals surface area contributed by atoms with Crippen LogP contribution >= 0.6 is 35.3 Å². The fourth-order valence-corrected chi connectivity index (χ4v) is 3.21. The van der Waals surface area contributed by atoms with Crippen LogP contribution in [0.1, 0.15) is 43.4 Å². The van der Waals surface area contributed by atoms with Gasteiger partial charge in [-0.3, -0.25) is 4.99 Å². The summed E-state index contributed by atoms with van der Waals surface area (Å²) in [7, 11) is 1.81. The van der Waals surface area contributed by atoms with E-state index in [9.17, 15) is 0 Å². The van der Waals surface area contributed by atoms with Crippen LogP contribution in [0.4, 0.5) is 0 Å². The summed E-state index contributed by atoms with van der Waals surface area (Å²) in [5, 5.41) is 8.75. The Kier molecular flexibility index (Phi) is 10.9. The second-order valence-electron chi connectivity index (χ2n) is 5.42. The first-order valence-electron chi connectivity index (χ1n) is 7.97. The van der Waals surface area contributed by atoms with Crippen LogP contribution in [0, 0.1) is 0 Å². The van der Waals surface area contributed by atoms with Gasteiger partial charge >= 0.3 is 0 Å². The van der Waals surface area contributed by atoms with E-state index in [-0.39, 0.29) is 24.0 Å². The molecule has 2 rings (SSSR count). The number of nitrogens with one attached hydrogen (secondary N) is 2. The first-order chi connectivity index (χ1) is 10.4. The van der Waals surface area contributed by atoms with E-state index in [0.29, 0.717) is 6.10 Å². The molecule has 0 amide bonds. The van der Waals surface area contributed by atoms with Crippen LogP contribution in [0.3, 0.4) is 0 Å². The molecule has 4 nitrogen and oxygen atoms in total. The average molecular weight is 437 g/mol. The lowest BCUT2D eigenvalue weighted by Gasteiger charge is -2.22. The van der Waals surface area contributed by atoms with Crippen LogP contribution in [-0.4, -0.2) is 32.3 Å². The summed E-state index contributed by atoms with van der Waals surface area (Å²) in [6.07, 6.45) is 8.08. The molecule has 0 saturated heterocycles. The second kappa shape index (κ2) is 12.1. The van der Waals surface area contributed by atoms with Gasteiger partial charge in [-0.25, -0.2) is 0 Å². The highest BCUT2D eigenvalue weighted by Crippen LogP contribution is 2.20. The Morgan fingerprint density at radius 2 is 2.14 bits per heavy atom. The SMILES string of the molecule is CN=C(NCCCOC1CCCCC1)NCc1cccs1.I. The highest BCUT2D eigenvalue weighted by Gasteiger charge is 2.12. The zero-order valence-corrected chi connectivity index (χ0v) is 16.5. The van der Waals surface area contributed by atoms with Crippen molar-refractivity contribution in [2.45, 2.75) is 51.2 Å². The fourth-order valence-electron chi connectivity index (χ4n) is 2.57. The number of hydrogen-bond donors (Lipinski definition) is 2. The van der Waals surface area contributed by atoms with Crippen LogP contribution in [0.15, 0.2) is 22.5 Å².